The summed E-state index contributed by atoms with van der Waals surface area (Å²) >= 11 is 1.25. The molecule has 0 aliphatic carbocycles. The Balaban J connectivity index is 1.59. The fraction of sp³-hybridized carbons (Fsp3) is 0.111. The molecule has 0 bridgehead atoms. The molecule has 8 heteroatoms. The molecule has 0 aliphatic heterocycles. The number of hydrazine groups is 1. The number of hydrogen-bond acceptors (Lipinski definition) is 6. The Bertz CT molecular complexity index is 970. The Morgan fingerprint density at radius 1 is 1.12 bits per heavy atom. The topological polar surface area (TPSA) is 97.4 Å². The first-order chi connectivity index (χ1) is 12.5. The molecule has 1 aromatic carbocycles. The normalized spacial score (nSPS) is 10.3. The van der Waals surface area contributed by atoms with Crippen LogP contribution >= 0.6 is 11.3 Å². The minimum Gasteiger partial charge on any atom is -0.452 e. The van der Waals surface area contributed by atoms with Crippen molar-refractivity contribution in [2.24, 2.45) is 0 Å². The summed E-state index contributed by atoms with van der Waals surface area (Å²) in [6, 6.07) is 12.1. The minimum absolute atomic E-state index is 0.337. The summed E-state index contributed by atoms with van der Waals surface area (Å²) in [6.07, 6.45) is 0. The van der Waals surface area contributed by atoms with Crippen LogP contribution in [-0.2, 0) is 9.53 Å². The number of amides is 2. The molecule has 2 N–H and O–H groups in total. The third-order valence-electron chi connectivity index (χ3n) is 3.46. The van der Waals surface area contributed by atoms with E-state index in [-0.39, 0.29) is 0 Å². The molecule has 0 saturated heterocycles. The highest BCUT2D eigenvalue weighted by Gasteiger charge is 2.15. The number of nitrogens with zero attached hydrogens (tertiary/aromatic N) is 1. The van der Waals surface area contributed by atoms with Gasteiger partial charge in [0.25, 0.3) is 11.8 Å². The van der Waals surface area contributed by atoms with Crippen molar-refractivity contribution in [1.29, 1.82) is 0 Å². The van der Waals surface area contributed by atoms with Gasteiger partial charge in [-0.25, -0.2) is 4.79 Å². The predicted octanol–water partition coefficient (Wildman–Crippen LogP) is 2.22. The molecule has 2 heterocycles. The van der Waals surface area contributed by atoms with Crippen LogP contribution in [0.1, 0.15) is 25.7 Å². The quantitative estimate of drug-likeness (QED) is 0.543. The summed E-state index contributed by atoms with van der Waals surface area (Å²) in [5.41, 5.74) is 6.14. The lowest BCUT2D eigenvalue weighted by molar-refractivity contribution is -0.125. The Labute approximate surface area is 153 Å². The van der Waals surface area contributed by atoms with Gasteiger partial charge in [-0.15, -0.1) is 11.3 Å². The van der Waals surface area contributed by atoms with Crippen LogP contribution in [0.15, 0.2) is 47.8 Å². The van der Waals surface area contributed by atoms with Gasteiger partial charge in [-0.3, -0.25) is 25.4 Å². The molecule has 7 nitrogen and oxygen atoms in total. The molecule has 2 amide bonds. The van der Waals surface area contributed by atoms with E-state index in [1.807, 2.05) is 6.07 Å². The Hall–Kier alpha value is -3.26. The Morgan fingerprint density at radius 2 is 1.92 bits per heavy atom. The van der Waals surface area contributed by atoms with Crippen molar-refractivity contribution in [2.75, 3.05) is 6.61 Å². The van der Waals surface area contributed by atoms with Crippen LogP contribution in [0.25, 0.3) is 10.9 Å². The monoisotopic (exact) mass is 369 g/mol. The van der Waals surface area contributed by atoms with Gasteiger partial charge < -0.3 is 4.74 Å². The van der Waals surface area contributed by atoms with Gasteiger partial charge in [-0.1, -0.05) is 24.3 Å². The lowest BCUT2D eigenvalue weighted by Crippen LogP contribution is -2.43. The van der Waals surface area contributed by atoms with Gasteiger partial charge in [0.05, 0.1) is 16.0 Å². The lowest BCUT2D eigenvalue weighted by atomic mass is 10.1. The number of pyridine rings is 1. The lowest BCUT2D eigenvalue weighted by Gasteiger charge is -2.09. The summed E-state index contributed by atoms with van der Waals surface area (Å²) in [5, 5.41) is 2.40. The van der Waals surface area contributed by atoms with Crippen molar-refractivity contribution in [3.63, 3.8) is 0 Å². The molecule has 0 fully saturated rings. The Morgan fingerprint density at radius 3 is 2.69 bits per heavy atom. The van der Waals surface area contributed by atoms with E-state index in [4.69, 9.17) is 4.74 Å². The van der Waals surface area contributed by atoms with Crippen molar-refractivity contribution in [3.05, 3.63) is 64.0 Å². The van der Waals surface area contributed by atoms with Crippen LogP contribution in [0.3, 0.4) is 0 Å². The number of carbonyl (C=O) groups is 3. The average molecular weight is 369 g/mol. The number of para-hydroxylation sites is 1. The minimum atomic E-state index is -0.640. The summed E-state index contributed by atoms with van der Waals surface area (Å²) in [5.74, 6) is -1.71. The fourth-order valence-electron chi connectivity index (χ4n) is 2.32. The first kappa shape index (κ1) is 17.6. The third kappa shape index (κ3) is 4.04. The SMILES string of the molecule is Cc1cc(C(=O)OCC(=O)NNC(=O)c2cccs2)c2ccccc2n1. The summed E-state index contributed by atoms with van der Waals surface area (Å²) in [6.45, 7) is 1.26. The molecule has 0 unspecified atom stereocenters. The second-order valence-corrected chi connectivity index (χ2v) is 6.33. The number of rotatable bonds is 4. The largest absolute Gasteiger partial charge is 0.452 e. The van der Waals surface area contributed by atoms with Crippen LogP contribution in [0.4, 0.5) is 0 Å². The number of benzene rings is 1. The van der Waals surface area contributed by atoms with Gasteiger partial charge in [0, 0.05) is 11.1 Å². The fourth-order valence-corrected chi connectivity index (χ4v) is 2.94. The summed E-state index contributed by atoms with van der Waals surface area (Å²) in [7, 11) is 0. The molecule has 0 saturated carbocycles. The number of hydrogen-bond donors (Lipinski definition) is 2. The average Bonchev–Trinajstić information content (AvgIpc) is 3.18. The summed E-state index contributed by atoms with van der Waals surface area (Å²) < 4.78 is 5.05. The molecule has 2 aromatic heterocycles. The maximum absolute atomic E-state index is 12.3. The van der Waals surface area contributed by atoms with Crippen LogP contribution in [0.5, 0.6) is 0 Å². The number of ether oxygens (including phenoxy) is 1. The van der Waals surface area contributed by atoms with Gasteiger partial charge >= 0.3 is 5.97 Å². The van der Waals surface area contributed by atoms with Crippen molar-refractivity contribution in [2.45, 2.75) is 6.92 Å². The number of carbonyl (C=O) groups excluding carboxylic acids is 3. The van der Waals surface area contributed by atoms with E-state index in [9.17, 15) is 14.4 Å². The number of nitrogens with one attached hydrogen (secondary N) is 2. The molecule has 0 radical (unpaired) electrons. The van der Waals surface area contributed by atoms with Crippen molar-refractivity contribution >= 4 is 40.0 Å². The van der Waals surface area contributed by atoms with E-state index in [1.54, 1.807) is 48.7 Å². The van der Waals surface area contributed by atoms with Crippen molar-refractivity contribution in [3.8, 4) is 0 Å². The smallest absolute Gasteiger partial charge is 0.339 e. The zero-order chi connectivity index (χ0) is 18.5. The van der Waals surface area contributed by atoms with Crippen LogP contribution in [0, 0.1) is 6.92 Å². The zero-order valence-electron chi connectivity index (χ0n) is 13.8. The highest BCUT2D eigenvalue weighted by Crippen LogP contribution is 2.19. The first-order valence-corrected chi connectivity index (χ1v) is 8.59. The highest BCUT2D eigenvalue weighted by molar-refractivity contribution is 7.12. The molecule has 0 spiro atoms. The van der Waals surface area contributed by atoms with E-state index in [1.165, 1.54) is 11.3 Å². The molecular weight excluding hydrogens is 354 g/mol. The first-order valence-electron chi connectivity index (χ1n) is 7.71. The molecule has 3 rings (SSSR count). The molecular formula is C18H15N3O4S. The third-order valence-corrected chi connectivity index (χ3v) is 4.33. The number of aryl methyl sites for hydroxylation is 1. The maximum Gasteiger partial charge on any atom is 0.339 e. The van der Waals surface area contributed by atoms with Crippen molar-refractivity contribution < 1.29 is 19.1 Å². The van der Waals surface area contributed by atoms with Gasteiger partial charge in [-0.05, 0) is 30.5 Å². The second-order valence-electron chi connectivity index (χ2n) is 5.38. The molecule has 0 aliphatic rings. The van der Waals surface area contributed by atoms with Crippen LogP contribution in [-0.4, -0.2) is 29.4 Å². The number of fused-ring (bicyclic) bond motifs is 1. The van der Waals surface area contributed by atoms with Crippen LogP contribution in [0.2, 0.25) is 0 Å². The second kappa shape index (κ2) is 7.75. The van der Waals surface area contributed by atoms with Gasteiger partial charge in [0.2, 0.25) is 0 Å². The zero-order valence-corrected chi connectivity index (χ0v) is 14.6. The van der Waals surface area contributed by atoms with E-state index in [0.717, 1.165) is 0 Å². The molecule has 132 valence electrons. The highest BCUT2D eigenvalue weighted by atomic mass is 32.1. The van der Waals surface area contributed by atoms with Crippen LogP contribution < -0.4 is 10.9 Å². The van der Waals surface area contributed by atoms with E-state index < -0.39 is 24.4 Å². The van der Waals surface area contributed by atoms with Gasteiger partial charge in [0.15, 0.2) is 6.61 Å². The number of aromatic nitrogens is 1. The van der Waals surface area contributed by atoms with Crippen molar-refractivity contribution in [1.82, 2.24) is 15.8 Å². The number of esters is 1. The van der Waals surface area contributed by atoms with Gasteiger partial charge in [-0.2, -0.15) is 0 Å². The van der Waals surface area contributed by atoms with E-state index in [2.05, 4.69) is 15.8 Å². The molecule has 0 atom stereocenters. The summed E-state index contributed by atoms with van der Waals surface area (Å²) in [4.78, 5) is 40.6. The van der Waals surface area contributed by atoms with Gasteiger partial charge in [0.1, 0.15) is 0 Å². The Kier molecular flexibility index (Phi) is 5.23. The molecule has 3 aromatic rings. The van der Waals surface area contributed by atoms with E-state index in [0.29, 0.717) is 27.0 Å². The maximum atomic E-state index is 12.3. The molecule has 26 heavy (non-hydrogen) atoms. The van der Waals surface area contributed by atoms with E-state index >= 15 is 0 Å². The predicted molar refractivity (Wildman–Crippen MR) is 96.7 cm³/mol. The number of thiophene rings is 1. The standard InChI is InChI=1S/C18H15N3O4S/c1-11-9-13(12-5-2-3-6-14(12)19-11)18(24)25-10-16(22)20-21-17(23)15-7-4-8-26-15/h2-9H,10H2,1H3,(H,20,22)(H,21,23).